The minimum Gasteiger partial charge on any atom is -0.351 e. The normalized spacial score (nSPS) is 10.6. The Morgan fingerprint density at radius 1 is 1.33 bits per heavy atom. The molecule has 3 N–H and O–H groups in total. The van der Waals surface area contributed by atoms with Crippen molar-refractivity contribution in [3.05, 3.63) is 41.1 Å². The van der Waals surface area contributed by atoms with E-state index >= 15 is 0 Å². The van der Waals surface area contributed by atoms with Crippen molar-refractivity contribution >= 4 is 16.8 Å². The van der Waals surface area contributed by atoms with Gasteiger partial charge in [-0.15, -0.1) is 0 Å². The van der Waals surface area contributed by atoms with Gasteiger partial charge in [0.1, 0.15) is 0 Å². The number of benzene rings is 1. The Morgan fingerprint density at radius 2 is 2.11 bits per heavy atom. The largest absolute Gasteiger partial charge is 0.351 e. The second-order valence-electron chi connectivity index (χ2n) is 4.36. The quantitative estimate of drug-likeness (QED) is 0.859. The molecule has 1 aromatic carbocycles. The first-order valence-corrected chi connectivity index (χ1v) is 5.98. The molecule has 1 aromatic heterocycles. The topological polar surface area (TPSA) is 68.0 Å². The Balaban J connectivity index is 2.41. The van der Waals surface area contributed by atoms with Gasteiger partial charge in [-0.3, -0.25) is 9.78 Å². The fraction of sp³-hybridized carbons (Fsp3) is 0.286. The number of nitrogens with two attached hydrogens (primary N) is 1. The van der Waals surface area contributed by atoms with Gasteiger partial charge in [0.05, 0.1) is 5.52 Å². The fourth-order valence-electron chi connectivity index (χ4n) is 2.00. The van der Waals surface area contributed by atoms with Gasteiger partial charge >= 0.3 is 0 Å². The maximum atomic E-state index is 11.8. The third kappa shape index (κ3) is 2.49. The number of aryl methyl sites for hydroxylation is 2. The molecule has 0 bridgehead atoms. The van der Waals surface area contributed by atoms with Crippen LogP contribution in [0.5, 0.6) is 0 Å². The van der Waals surface area contributed by atoms with E-state index in [-0.39, 0.29) is 5.91 Å². The van der Waals surface area contributed by atoms with Crippen molar-refractivity contribution in [2.45, 2.75) is 13.8 Å². The Labute approximate surface area is 106 Å². The summed E-state index contributed by atoms with van der Waals surface area (Å²) in [7, 11) is 0. The highest BCUT2D eigenvalue weighted by Gasteiger charge is 2.07. The molecule has 2 aromatic rings. The molecule has 1 amide bonds. The molecule has 18 heavy (non-hydrogen) atoms. The van der Waals surface area contributed by atoms with Crippen molar-refractivity contribution in [3.8, 4) is 0 Å². The Morgan fingerprint density at radius 3 is 2.83 bits per heavy atom. The molecule has 0 aliphatic rings. The lowest BCUT2D eigenvalue weighted by atomic mass is 10.1. The highest BCUT2D eigenvalue weighted by molar-refractivity contribution is 5.98. The lowest BCUT2D eigenvalue weighted by Crippen LogP contribution is -2.28. The number of rotatable bonds is 3. The minimum absolute atomic E-state index is 0.108. The molecule has 4 nitrogen and oxygen atoms in total. The number of carbonyl (C=O) groups excluding carboxylic acids is 1. The van der Waals surface area contributed by atoms with Crippen LogP contribution in [0.3, 0.4) is 0 Å². The molecule has 0 aliphatic carbocycles. The van der Waals surface area contributed by atoms with Crippen molar-refractivity contribution in [3.63, 3.8) is 0 Å². The molecule has 0 fully saturated rings. The molecule has 0 aliphatic heterocycles. The third-order valence-electron chi connectivity index (χ3n) is 2.84. The summed E-state index contributed by atoms with van der Waals surface area (Å²) in [5, 5.41) is 3.83. The second kappa shape index (κ2) is 5.14. The average molecular weight is 243 g/mol. The summed E-state index contributed by atoms with van der Waals surface area (Å²) in [6.45, 7) is 4.92. The number of pyridine rings is 1. The highest BCUT2D eigenvalue weighted by atomic mass is 16.1. The molecule has 94 valence electrons. The molecule has 0 atom stereocenters. The van der Waals surface area contributed by atoms with Gasteiger partial charge in [-0.2, -0.15) is 0 Å². The first kappa shape index (κ1) is 12.5. The van der Waals surface area contributed by atoms with Crippen molar-refractivity contribution in [2.24, 2.45) is 5.73 Å². The van der Waals surface area contributed by atoms with Crippen LogP contribution in [0, 0.1) is 13.8 Å². The predicted octanol–water partition coefficient (Wildman–Crippen LogP) is 1.54. The van der Waals surface area contributed by atoms with Crippen LogP contribution in [0.2, 0.25) is 0 Å². The van der Waals surface area contributed by atoms with Crippen molar-refractivity contribution < 1.29 is 4.79 Å². The van der Waals surface area contributed by atoms with E-state index < -0.39 is 0 Å². The Kier molecular flexibility index (Phi) is 3.58. The van der Waals surface area contributed by atoms with Crippen LogP contribution in [0.25, 0.3) is 10.9 Å². The molecule has 0 saturated carbocycles. The van der Waals surface area contributed by atoms with E-state index in [0.717, 1.165) is 16.6 Å². The predicted molar refractivity (Wildman–Crippen MR) is 72.6 cm³/mol. The smallest absolute Gasteiger partial charge is 0.251 e. The summed E-state index contributed by atoms with van der Waals surface area (Å²) in [5.74, 6) is -0.108. The summed E-state index contributed by atoms with van der Waals surface area (Å²) >= 11 is 0. The SMILES string of the molecule is Cc1cc(C)c2ccc(C(=O)NCCN)cc2n1. The third-order valence-corrected chi connectivity index (χ3v) is 2.84. The number of hydrogen-bond acceptors (Lipinski definition) is 3. The van der Waals surface area contributed by atoms with Crippen molar-refractivity contribution in [1.29, 1.82) is 0 Å². The number of carbonyl (C=O) groups is 1. The number of nitrogens with one attached hydrogen (secondary N) is 1. The molecule has 0 radical (unpaired) electrons. The number of nitrogens with zero attached hydrogens (tertiary/aromatic N) is 1. The number of hydrogen-bond donors (Lipinski definition) is 2. The van der Waals surface area contributed by atoms with Gasteiger partial charge in [0, 0.05) is 29.7 Å². The Bertz CT molecular complexity index is 593. The molecule has 0 saturated heterocycles. The van der Waals surface area contributed by atoms with Crippen molar-refractivity contribution in [2.75, 3.05) is 13.1 Å². The minimum atomic E-state index is -0.108. The molecular formula is C14H17N3O. The lowest BCUT2D eigenvalue weighted by molar-refractivity contribution is 0.0955. The van der Waals surface area contributed by atoms with Crippen LogP contribution in [-0.4, -0.2) is 24.0 Å². The maximum Gasteiger partial charge on any atom is 0.251 e. The molecule has 0 spiro atoms. The summed E-state index contributed by atoms with van der Waals surface area (Å²) in [5.41, 5.74) is 8.96. The van der Waals surface area contributed by atoms with E-state index in [1.165, 1.54) is 5.56 Å². The first-order chi connectivity index (χ1) is 8.61. The zero-order chi connectivity index (χ0) is 13.1. The van der Waals surface area contributed by atoms with E-state index in [2.05, 4.69) is 10.3 Å². The number of amides is 1. The van der Waals surface area contributed by atoms with Gasteiger partial charge in [0.15, 0.2) is 0 Å². The molecule has 2 rings (SSSR count). The number of fused-ring (bicyclic) bond motifs is 1. The maximum absolute atomic E-state index is 11.8. The molecule has 0 unspecified atom stereocenters. The lowest BCUT2D eigenvalue weighted by Gasteiger charge is -2.07. The fourth-order valence-corrected chi connectivity index (χ4v) is 2.00. The van der Waals surface area contributed by atoms with Crippen LogP contribution >= 0.6 is 0 Å². The van der Waals surface area contributed by atoms with Gasteiger partial charge in [0.25, 0.3) is 5.91 Å². The highest BCUT2D eigenvalue weighted by Crippen LogP contribution is 2.19. The van der Waals surface area contributed by atoms with Crippen LogP contribution in [-0.2, 0) is 0 Å². The van der Waals surface area contributed by atoms with Crippen LogP contribution < -0.4 is 11.1 Å². The van der Waals surface area contributed by atoms with Gasteiger partial charge in [-0.1, -0.05) is 6.07 Å². The van der Waals surface area contributed by atoms with E-state index in [1.54, 1.807) is 0 Å². The van der Waals surface area contributed by atoms with Gasteiger partial charge in [0.2, 0.25) is 0 Å². The zero-order valence-electron chi connectivity index (χ0n) is 10.7. The standard InChI is InChI=1S/C14H17N3O/c1-9-7-10(2)17-13-8-11(3-4-12(9)13)14(18)16-6-5-15/h3-4,7-8H,5-6,15H2,1-2H3,(H,16,18). The number of aromatic nitrogens is 1. The average Bonchev–Trinajstić information content (AvgIpc) is 2.34. The first-order valence-electron chi connectivity index (χ1n) is 5.98. The Hall–Kier alpha value is -1.94. The van der Waals surface area contributed by atoms with Gasteiger partial charge in [-0.05, 0) is 37.6 Å². The monoisotopic (exact) mass is 243 g/mol. The van der Waals surface area contributed by atoms with E-state index in [1.807, 2.05) is 38.1 Å². The van der Waals surface area contributed by atoms with Gasteiger partial charge < -0.3 is 11.1 Å². The van der Waals surface area contributed by atoms with E-state index in [4.69, 9.17) is 5.73 Å². The van der Waals surface area contributed by atoms with Gasteiger partial charge in [-0.25, -0.2) is 0 Å². The summed E-state index contributed by atoms with van der Waals surface area (Å²) in [6, 6.07) is 7.62. The van der Waals surface area contributed by atoms with E-state index in [9.17, 15) is 4.79 Å². The van der Waals surface area contributed by atoms with Crippen molar-refractivity contribution in [1.82, 2.24) is 10.3 Å². The second-order valence-corrected chi connectivity index (χ2v) is 4.36. The summed E-state index contributed by atoms with van der Waals surface area (Å²) in [6.07, 6.45) is 0. The van der Waals surface area contributed by atoms with Crippen LogP contribution in [0.15, 0.2) is 24.3 Å². The summed E-state index contributed by atoms with van der Waals surface area (Å²) in [4.78, 5) is 16.3. The van der Waals surface area contributed by atoms with Crippen LogP contribution in [0.1, 0.15) is 21.6 Å². The summed E-state index contributed by atoms with van der Waals surface area (Å²) < 4.78 is 0. The molecular weight excluding hydrogens is 226 g/mol. The zero-order valence-corrected chi connectivity index (χ0v) is 10.7. The van der Waals surface area contributed by atoms with E-state index in [0.29, 0.717) is 18.7 Å². The molecule has 1 heterocycles. The van der Waals surface area contributed by atoms with Crippen LogP contribution in [0.4, 0.5) is 0 Å². The molecule has 4 heteroatoms.